The largest absolute Gasteiger partial charge is 0.389 e. The molecule has 1 heteroatoms. The van der Waals surface area contributed by atoms with E-state index in [1.54, 1.807) is 0 Å². The standard InChI is InChI=1S/C11H12O/c12-11-7-6-10(8-11)9-4-2-1-3-5-9/h1-7,10-12H,8H2. The molecule has 0 radical (unpaired) electrons. The van der Waals surface area contributed by atoms with Gasteiger partial charge in [-0.25, -0.2) is 0 Å². The van der Waals surface area contributed by atoms with E-state index < -0.39 is 0 Å². The van der Waals surface area contributed by atoms with Crippen molar-refractivity contribution in [2.45, 2.75) is 18.4 Å². The van der Waals surface area contributed by atoms with Gasteiger partial charge in [-0.05, 0) is 12.0 Å². The van der Waals surface area contributed by atoms with Crippen molar-refractivity contribution in [3.63, 3.8) is 0 Å². The van der Waals surface area contributed by atoms with Crippen LogP contribution in [0.25, 0.3) is 0 Å². The normalized spacial score (nSPS) is 27.8. The minimum Gasteiger partial charge on any atom is -0.389 e. The van der Waals surface area contributed by atoms with Crippen molar-refractivity contribution in [3.8, 4) is 0 Å². The van der Waals surface area contributed by atoms with Crippen molar-refractivity contribution in [1.82, 2.24) is 0 Å². The zero-order valence-electron chi connectivity index (χ0n) is 6.85. The van der Waals surface area contributed by atoms with Crippen LogP contribution in [0, 0.1) is 0 Å². The predicted molar refractivity (Wildman–Crippen MR) is 48.9 cm³/mol. The third-order valence-corrected chi connectivity index (χ3v) is 2.29. The van der Waals surface area contributed by atoms with Crippen LogP contribution in [0.4, 0.5) is 0 Å². The maximum atomic E-state index is 9.27. The SMILES string of the molecule is OC1C=CC(c2ccccc2)C1. The van der Waals surface area contributed by atoms with Gasteiger partial charge in [0.2, 0.25) is 0 Å². The first-order valence-corrected chi connectivity index (χ1v) is 4.27. The van der Waals surface area contributed by atoms with Crippen LogP contribution in [0.5, 0.6) is 0 Å². The minimum absolute atomic E-state index is 0.241. The summed E-state index contributed by atoms with van der Waals surface area (Å²) in [7, 11) is 0. The molecule has 0 saturated heterocycles. The summed E-state index contributed by atoms with van der Waals surface area (Å²) >= 11 is 0. The van der Waals surface area contributed by atoms with E-state index in [2.05, 4.69) is 18.2 Å². The summed E-state index contributed by atoms with van der Waals surface area (Å²) in [6.45, 7) is 0. The number of hydrogen-bond donors (Lipinski definition) is 1. The van der Waals surface area contributed by atoms with Crippen molar-refractivity contribution in [1.29, 1.82) is 0 Å². The Balaban J connectivity index is 2.18. The van der Waals surface area contributed by atoms with E-state index in [1.165, 1.54) is 5.56 Å². The Bertz CT molecular complexity index is 276. The lowest BCUT2D eigenvalue weighted by Crippen LogP contribution is -2.00. The molecule has 0 fully saturated rings. The number of allylic oxidation sites excluding steroid dienone is 1. The second-order valence-corrected chi connectivity index (χ2v) is 3.21. The van der Waals surface area contributed by atoms with Gasteiger partial charge >= 0.3 is 0 Å². The number of aliphatic hydroxyl groups excluding tert-OH is 1. The average molecular weight is 160 g/mol. The molecule has 2 unspecified atom stereocenters. The topological polar surface area (TPSA) is 20.2 Å². The van der Waals surface area contributed by atoms with Crippen LogP contribution in [0.15, 0.2) is 42.5 Å². The number of benzene rings is 1. The molecule has 1 aromatic carbocycles. The smallest absolute Gasteiger partial charge is 0.0729 e. The van der Waals surface area contributed by atoms with E-state index in [1.807, 2.05) is 24.3 Å². The Labute approximate surface area is 72.4 Å². The lowest BCUT2D eigenvalue weighted by molar-refractivity contribution is 0.218. The Kier molecular flexibility index (Phi) is 1.96. The molecule has 1 nitrogen and oxygen atoms in total. The lowest BCUT2D eigenvalue weighted by Gasteiger charge is -2.07. The summed E-state index contributed by atoms with van der Waals surface area (Å²) in [5, 5.41) is 9.27. The molecule has 2 rings (SSSR count). The molecular formula is C11H12O. The van der Waals surface area contributed by atoms with Gasteiger partial charge in [-0.15, -0.1) is 0 Å². The van der Waals surface area contributed by atoms with Crippen LogP contribution in [0.3, 0.4) is 0 Å². The van der Waals surface area contributed by atoms with Gasteiger partial charge in [-0.3, -0.25) is 0 Å². The van der Waals surface area contributed by atoms with Crippen LogP contribution in [-0.4, -0.2) is 11.2 Å². The van der Waals surface area contributed by atoms with Gasteiger partial charge in [0, 0.05) is 5.92 Å². The first-order chi connectivity index (χ1) is 5.86. The fourth-order valence-corrected chi connectivity index (χ4v) is 1.63. The van der Waals surface area contributed by atoms with Gasteiger partial charge in [0.25, 0.3) is 0 Å². The van der Waals surface area contributed by atoms with Crippen LogP contribution in [0.1, 0.15) is 17.9 Å². The highest BCUT2D eigenvalue weighted by Gasteiger charge is 2.17. The Morgan fingerprint density at radius 1 is 1.08 bits per heavy atom. The van der Waals surface area contributed by atoms with Gasteiger partial charge in [0.15, 0.2) is 0 Å². The van der Waals surface area contributed by atoms with Crippen molar-refractivity contribution >= 4 is 0 Å². The lowest BCUT2D eigenvalue weighted by atomic mass is 9.99. The molecule has 0 aromatic heterocycles. The highest BCUT2D eigenvalue weighted by Crippen LogP contribution is 2.27. The van der Waals surface area contributed by atoms with Gasteiger partial charge in [0.05, 0.1) is 6.10 Å². The molecule has 0 aliphatic heterocycles. The van der Waals surface area contributed by atoms with Crippen molar-refractivity contribution < 1.29 is 5.11 Å². The molecule has 1 aromatic rings. The second-order valence-electron chi connectivity index (χ2n) is 3.21. The molecule has 0 amide bonds. The molecule has 0 saturated carbocycles. The Hall–Kier alpha value is -1.08. The van der Waals surface area contributed by atoms with E-state index in [0.29, 0.717) is 5.92 Å². The number of hydrogen-bond acceptors (Lipinski definition) is 1. The van der Waals surface area contributed by atoms with E-state index in [4.69, 9.17) is 0 Å². The summed E-state index contributed by atoms with van der Waals surface area (Å²) in [5.41, 5.74) is 1.30. The molecule has 0 bridgehead atoms. The van der Waals surface area contributed by atoms with E-state index >= 15 is 0 Å². The zero-order chi connectivity index (χ0) is 8.39. The summed E-state index contributed by atoms with van der Waals surface area (Å²) < 4.78 is 0. The Morgan fingerprint density at radius 3 is 2.42 bits per heavy atom. The van der Waals surface area contributed by atoms with Crippen molar-refractivity contribution in [3.05, 3.63) is 48.0 Å². The molecule has 12 heavy (non-hydrogen) atoms. The fraction of sp³-hybridized carbons (Fsp3) is 0.273. The summed E-state index contributed by atoms with van der Waals surface area (Å²) in [4.78, 5) is 0. The molecule has 0 heterocycles. The molecule has 1 aliphatic rings. The predicted octanol–water partition coefficient (Wildman–Crippen LogP) is 2.09. The first-order valence-electron chi connectivity index (χ1n) is 4.27. The fourth-order valence-electron chi connectivity index (χ4n) is 1.63. The van der Waals surface area contributed by atoms with E-state index in [0.717, 1.165) is 6.42 Å². The van der Waals surface area contributed by atoms with Crippen molar-refractivity contribution in [2.24, 2.45) is 0 Å². The molecule has 0 spiro atoms. The monoisotopic (exact) mass is 160 g/mol. The van der Waals surface area contributed by atoms with E-state index in [9.17, 15) is 5.11 Å². The van der Waals surface area contributed by atoms with Gasteiger partial charge in [-0.1, -0.05) is 42.5 Å². The summed E-state index contributed by atoms with van der Waals surface area (Å²) in [6.07, 6.45) is 4.55. The third-order valence-electron chi connectivity index (χ3n) is 2.29. The highest BCUT2D eigenvalue weighted by atomic mass is 16.3. The molecular weight excluding hydrogens is 148 g/mol. The maximum absolute atomic E-state index is 9.27. The first kappa shape index (κ1) is 7.56. The number of aliphatic hydroxyl groups is 1. The van der Waals surface area contributed by atoms with Crippen LogP contribution < -0.4 is 0 Å². The molecule has 1 N–H and O–H groups in total. The summed E-state index contributed by atoms with van der Waals surface area (Å²) in [6, 6.07) is 10.3. The van der Waals surface area contributed by atoms with Gasteiger partial charge in [0.1, 0.15) is 0 Å². The quantitative estimate of drug-likeness (QED) is 0.624. The van der Waals surface area contributed by atoms with Crippen LogP contribution in [-0.2, 0) is 0 Å². The van der Waals surface area contributed by atoms with Gasteiger partial charge in [-0.2, -0.15) is 0 Å². The van der Waals surface area contributed by atoms with Crippen LogP contribution >= 0.6 is 0 Å². The average Bonchev–Trinajstić information content (AvgIpc) is 2.54. The second kappa shape index (κ2) is 3.11. The third kappa shape index (κ3) is 1.41. The minimum atomic E-state index is -0.241. The number of rotatable bonds is 1. The molecule has 2 atom stereocenters. The van der Waals surface area contributed by atoms with Gasteiger partial charge < -0.3 is 5.11 Å². The van der Waals surface area contributed by atoms with Crippen LogP contribution in [0.2, 0.25) is 0 Å². The molecule has 62 valence electrons. The highest BCUT2D eigenvalue weighted by molar-refractivity contribution is 5.27. The maximum Gasteiger partial charge on any atom is 0.0729 e. The molecule has 1 aliphatic carbocycles. The van der Waals surface area contributed by atoms with Crippen molar-refractivity contribution in [2.75, 3.05) is 0 Å². The van der Waals surface area contributed by atoms with E-state index in [-0.39, 0.29) is 6.10 Å². The Morgan fingerprint density at radius 2 is 1.83 bits per heavy atom. The zero-order valence-corrected chi connectivity index (χ0v) is 6.85. The summed E-state index contributed by atoms with van der Waals surface area (Å²) in [5.74, 6) is 0.418.